The van der Waals surface area contributed by atoms with Crippen LogP contribution in [0.15, 0.2) is 54.6 Å². The number of methoxy groups -OCH3 is 1. The fraction of sp³-hybridized carbons (Fsp3) is 0.514. The highest BCUT2D eigenvalue weighted by Crippen LogP contribution is 2.46. The Bertz CT molecular complexity index is 1680. The quantitative estimate of drug-likeness (QED) is 0.194. The summed E-state index contributed by atoms with van der Waals surface area (Å²) in [6, 6.07) is 18.2. The van der Waals surface area contributed by atoms with E-state index >= 15 is 0 Å². The molecule has 0 unspecified atom stereocenters. The summed E-state index contributed by atoms with van der Waals surface area (Å²) in [6.07, 6.45) is -8.63. The summed E-state index contributed by atoms with van der Waals surface area (Å²) in [6.45, 7) is -0.508. The van der Waals surface area contributed by atoms with E-state index in [9.17, 15) is 44.7 Å². The zero-order chi connectivity index (χ0) is 38.3. The molecule has 3 N–H and O–H groups in total. The van der Waals surface area contributed by atoms with Crippen LogP contribution in [-0.2, 0) is 22.4 Å². The first kappa shape index (κ1) is 40.8. The predicted octanol–water partition coefficient (Wildman–Crippen LogP) is 7.87. The van der Waals surface area contributed by atoms with Gasteiger partial charge in [-0.05, 0) is 85.3 Å². The first-order valence-electron chi connectivity index (χ1n) is 17.0. The highest BCUT2D eigenvalue weighted by atomic mass is 19.4. The number of primary amides is 1. The average molecular weight is 746 g/mol. The molecule has 0 radical (unpaired) electrons. The van der Waals surface area contributed by atoms with E-state index in [2.05, 4.69) is 23.1 Å². The number of piperidine rings is 2. The highest BCUT2D eigenvalue weighted by molar-refractivity contribution is 6.00. The number of carbonyl (C=O) groups excluding carboxylic acids is 1. The van der Waals surface area contributed by atoms with Crippen molar-refractivity contribution in [3.05, 3.63) is 65.7 Å². The molecule has 15 heteroatoms. The van der Waals surface area contributed by atoms with Crippen LogP contribution in [0.25, 0.3) is 21.9 Å². The molecule has 3 aromatic rings. The molecule has 286 valence electrons. The van der Waals surface area contributed by atoms with Gasteiger partial charge in [-0.25, -0.2) is 8.78 Å². The number of hydrogen-bond donors (Lipinski definition) is 2. The lowest BCUT2D eigenvalue weighted by molar-refractivity contribution is -0.234. The Morgan fingerprint density at radius 1 is 0.808 bits per heavy atom. The molecule has 0 saturated carbocycles. The molecule has 0 aliphatic carbocycles. The number of nitrogens with two attached hydrogens (primary N) is 1. The number of amides is 1. The zero-order valence-electron chi connectivity index (χ0n) is 28.8. The molecule has 2 aliphatic heterocycles. The number of hydrogen-bond acceptors (Lipinski definition) is 5. The first-order valence-corrected chi connectivity index (χ1v) is 17.0. The van der Waals surface area contributed by atoms with Crippen molar-refractivity contribution in [2.45, 2.75) is 69.6 Å². The highest BCUT2D eigenvalue weighted by Gasteiger charge is 2.60. The summed E-state index contributed by atoms with van der Waals surface area (Å²) in [4.78, 5) is 25.1. The van der Waals surface area contributed by atoms with Crippen molar-refractivity contribution in [2.24, 2.45) is 11.1 Å². The van der Waals surface area contributed by atoms with Gasteiger partial charge in [0.1, 0.15) is 11.2 Å². The second kappa shape index (κ2) is 16.8. The number of aryl methyl sites for hydroxylation is 2. The van der Waals surface area contributed by atoms with E-state index in [0.29, 0.717) is 19.5 Å². The SMILES string of the molecule is COc1cccc(CCCN2CCC(F)(F)CC2)c1-c1cccc2c(CCC(=O)O)cccc12.NC(=O)C1(C(F)(F)F)CCN(CC(F)(F)F)CC1. The van der Waals surface area contributed by atoms with Crippen LogP contribution in [0, 0.1) is 5.41 Å². The number of likely N-dealkylation sites (tertiary alicyclic amines) is 2. The third-order valence-corrected chi connectivity index (χ3v) is 9.86. The van der Waals surface area contributed by atoms with Crippen LogP contribution in [0.2, 0.25) is 0 Å². The molecule has 1 amide bonds. The summed E-state index contributed by atoms with van der Waals surface area (Å²) >= 11 is 0. The molecule has 0 bridgehead atoms. The second-order valence-corrected chi connectivity index (χ2v) is 13.3. The lowest BCUT2D eigenvalue weighted by Gasteiger charge is -2.40. The van der Waals surface area contributed by atoms with Crippen LogP contribution in [0.1, 0.15) is 49.7 Å². The number of ether oxygens (including phenoxy) is 1. The van der Waals surface area contributed by atoms with Crippen molar-refractivity contribution in [3.63, 3.8) is 0 Å². The molecular weight excluding hydrogens is 702 g/mol. The smallest absolute Gasteiger partial charge is 0.403 e. The van der Waals surface area contributed by atoms with Gasteiger partial charge in [0, 0.05) is 37.9 Å². The van der Waals surface area contributed by atoms with Crippen LogP contribution in [0.4, 0.5) is 35.1 Å². The summed E-state index contributed by atoms with van der Waals surface area (Å²) in [7, 11) is 1.67. The van der Waals surface area contributed by atoms with E-state index in [4.69, 9.17) is 15.6 Å². The van der Waals surface area contributed by atoms with Crippen molar-refractivity contribution in [1.82, 2.24) is 9.80 Å². The van der Waals surface area contributed by atoms with Gasteiger partial charge in [-0.15, -0.1) is 0 Å². The summed E-state index contributed by atoms with van der Waals surface area (Å²) in [5.41, 5.74) is 6.33. The van der Waals surface area contributed by atoms with E-state index < -0.39 is 68.0 Å². The number of carbonyl (C=O) groups is 2. The Morgan fingerprint density at radius 2 is 1.38 bits per heavy atom. The second-order valence-electron chi connectivity index (χ2n) is 13.3. The maximum Gasteiger partial charge on any atom is 0.403 e. The minimum atomic E-state index is -4.83. The minimum Gasteiger partial charge on any atom is -0.496 e. The fourth-order valence-corrected chi connectivity index (χ4v) is 6.93. The predicted molar refractivity (Wildman–Crippen MR) is 180 cm³/mol. The molecule has 7 nitrogen and oxygen atoms in total. The Balaban J connectivity index is 0.000000284. The molecule has 0 aromatic heterocycles. The standard InChI is InChI=1S/C28H31F2NO3.C9H12F6N2O/c1-34-25-12-3-7-21(8-5-17-31-18-15-28(29,30)16-19-31)27(25)24-11-4-9-22-20(13-14-26(32)33)6-2-10-23(22)24;10-8(11,12)5-17-3-1-7(2-4-17,6(16)18)9(13,14)15/h2-4,6-7,9-12H,5,8,13-19H2,1H3,(H,32,33);1-5H2,(H2,16,18). The fourth-order valence-electron chi connectivity index (χ4n) is 6.93. The van der Waals surface area contributed by atoms with Crippen molar-refractivity contribution < 1.29 is 54.6 Å². The molecule has 2 saturated heterocycles. The third kappa shape index (κ3) is 10.3. The Morgan fingerprint density at radius 3 is 1.96 bits per heavy atom. The minimum absolute atomic E-state index is 0.0579. The lowest BCUT2D eigenvalue weighted by Crippen LogP contribution is -2.56. The molecular formula is C37H43F8N3O4. The van der Waals surface area contributed by atoms with Gasteiger partial charge in [-0.1, -0.05) is 48.5 Å². The monoisotopic (exact) mass is 745 g/mol. The van der Waals surface area contributed by atoms with E-state index in [1.54, 1.807) is 7.11 Å². The number of alkyl halides is 8. The van der Waals surface area contributed by atoms with Gasteiger partial charge >= 0.3 is 18.3 Å². The average Bonchev–Trinajstić information content (AvgIpc) is 3.07. The van der Waals surface area contributed by atoms with Crippen LogP contribution >= 0.6 is 0 Å². The first-order chi connectivity index (χ1) is 24.4. The number of rotatable bonds is 11. The summed E-state index contributed by atoms with van der Waals surface area (Å²) < 4.78 is 107. The van der Waals surface area contributed by atoms with Crippen LogP contribution < -0.4 is 10.5 Å². The number of aliphatic carboxylic acids is 1. The number of benzene rings is 3. The molecule has 52 heavy (non-hydrogen) atoms. The lowest BCUT2D eigenvalue weighted by atomic mass is 9.77. The summed E-state index contributed by atoms with van der Waals surface area (Å²) in [5, 5.41) is 11.2. The molecule has 0 spiro atoms. The van der Waals surface area contributed by atoms with E-state index in [1.807, 2.05) is 36.4 Å². The molecule has 2 aliphatic rings. The van der Waals surface area contributed by atoms with Gasteiger partial charge in [-0.3, -0.25) is 14.5 Å². The maximum absolute atomic E-state index is 13.5. The Labute approximate surface area is 296 Å². The Hall–Kier alpha value is -3.98. The van der Waals surface area contributed by atoms with Crippen LogP contribution in [0.5, 0.6) is 5.75 Å². The van der Waals surface area contributed by atoms with Crippen LogP contribution in [-0.4, -0.2) is 91.4 Å². The van der Waals surface area contributed by atoms with E-state index in [0.717, 1.165) is 63.1 Å². The van der Waals surface area contributed by atoms with Gasteiger partial charge in [0.25, 0.3) is 5.92 Å². The maximum atomic E-state index is 13.5. The number of fused-ring (bicyclic) bond motifs is 1. The molecule has 5 rings (SSSR count). The number of halogens is 8. The normalized spacial score (nSPS) is 18.0. The molecule has 2 fully saturated rings. The van der Waals surface area contributed by atoms with Crippen molar-refractivity contribution in [2.75, 3.05) is 46.4 Å². The van der Waals surface area contributed by atoms with Gasteiger partial charge in [-0.2, -0.15) is 26.3 Å². The van der Waals surface area contributed by atoms with Gasteiger partial charge in [0.2, 0.25) is 5.91 Å². The van der Waals surface area contributed by atoms with Gasteiger partial charge in [0.15, 0.2) is 0 Å². The largest absolute Gasteiger partial charge is 0.496 e. The molecule has 2 heterocycles. The number of carboxylic acid groups (broad SMARTS) is 1. The van der Waals surface area contributed by atoms with E-state index in [1.165, 1.54) is 0 Å². The van der Waals surface area contributed by atoms with Gasteiger partial charge in [0.05, 0.1) is 13.7 Å². The summed E-state index contributed by atoms with van der Waals surface area (Å²) in [5.74, 6) is -4.06. The van der Waals surface area contributed by atoms with E-state index in [-0.39, 0.29) is 19.3 Å². The Kier molecular flexibility index (Phi) is 13.2. The van der Waals surface area contributed by atoms with Crippen molar-refractivity contribution in [3.8, 4) is 16.9 Å². The van der Waals surface area contributed by atoms with Gasteiger partial charge < -0.3 is 20.5 Å². The van der Waals surface area contributed by atoms with Crippen LogP contribution in [0.3, 0.4) is 0 Å². The number of carboxylic acids is 1. The van der Waals surface area contributed by atoms with Crippen molar-refractivity contribution in [1.29, 1.82) is 0 Å². The topological polar surface area (TPSA) is 96.1 Å². The third-order valence-electron chi connectivity index (χ3n) is 9.86. The molecule has 0 atom stereocenters. The van der Waals surface area contributed by atoms with Crippen molar-refractivity contribution >= 4 is 22.6 Å². The number of nitrogens with zero attached hydrogens (tertiary/aromatic N) is 2. The zero-order valence-corrected chi connectivity index (χ0v) is 28.8. The molecule has 3 aromatic carbocycles.